The summed E-state index contributed by atoms with van der Waals surface area (Å²) in [4.78, 5) is 15.5. The van der Waals surface area contributed by atoms with Gasteiger partial charge in [0.15, 0.2) is 17.5 Å². The SMILES string of the molecule is c1ccc(-c2cccc(-c3nc(-c4cccc5ccc(-c6ccccc6)cc45)nc(-c4cccc5oc6ccccc6c45)n3)c2)cc1. The first-order valence-corrected chi connectivity index (χ1v) is 15.7. The first-order chi connectivity index (χ1) is 23.3. The fourth-order valence-corrected chi connectivity index (χ4v) is 6.45. The van der Waals surface area contributed by atoms with Crippen LogP contribution in [0.3, 0.4) is 0 Å². The summed E-state index contributed by atoms with van der Waals surface area (Å²) in [5.74, 6) is 1.84. The van der Waals surface area contributed by atoms with Crippen molar-refractivity contribution in [2.45, 2.75) is 0 Å². The molecule has 0 radical (unpaired) electrons. The zero-order valence-corrected chi connectivity index (χ0v) is 25.3. The van der Waals surface area contributed by atoms with Crippen molar-refractivity contribution in [1.29, 1.82) is 0 Å². The lowest BCUT2D eigenvalue weighted by atomic mass is 9.97. The highest BCUT2D eigenvalue weighted by Gasteiger charge is 2.19. The summed E-state index contributed by atoms with van der Waals surface area (Å²) in [6.07, 6.45) is 0. The first kappa shape index (κ1) is 27.0. The van der Waals surface area contributed by atoms with Crippen molar-refractivity contribution in [3.05, 3.63) is 164 Å². The summed E-state index contributed by atoms with van der Waals surface area (Å²) in [7, 11) is 0. The van der Waals surface area contributed by atoms with Gasteiger partial charge in [-0.1, -0.05) is 140 Å². The van der Waals surface area contributed by atoms with E-state index in [4.69, 9.17) is 19.4 Å². The number of hydrogen-bond acceptors (Lipinski definition) is 4. The molecule has 220 valence electrons. The summed E-state index contributed by atoms with van der Waals surface area (Å²) in [6, 6.07) is 56.3. The second-order valence-corrected chi connectivity index (χ2v) is 11.6. The van der Waals surface area contributed by atoms with Crippen molar-refractivity contribution in [1.82, 2.24) is 15.0 Å². The third-order valence-electron chi connectivity index (χ3n) is 8.74. The minimum atomic E-state index is 0.600. The molecular weight excluding hydrogens is 574 g/mol. The van der Waals surface area contributed by atoms with Crippen molar-refractivity contribution >= 4 is 32.7 Å². The largest absolute Gasteiger partial charge is 0.456 e. The van der Waals surface area contributed by atoms with E-state index in [0.717, 1.165) is 71.7 Å². The molecule has 7 aromatic carbocycles. The van der Waals surface area contributed by atoms with E-state index in [1.54, 1.807) is 0 Å². The Kier molecular flexibility index (Phi) is 6.43. The molecule has 0 amide bonds. The summed E-state index contributed by atoms with van der Waals surface area (Å²) >= 11 is 0. The molecule has 2 heterocycles. The van der Waals surface area contributed by atoms with E-state index < -0.39 is 0 Å². The first-order valence-electron chi connectivity index (χ1n) is 15.7. The molecule has 0 spiro atoms. The second-order valence-electron chi connectivity index (χ2n) is 11.6. The van der Waals surface area contributed by atoms with Crippen molar-refractivity contribution in [3.63, 3.8) is 0 Å². The molecule has 0 unspecified atom stereocenters. The quantitative estimate of drug-likeness (QED) is 0.197. The molecule has 0 aliphatic carbocycles. The highest BCUT2D eigenvalue weighted by molar-refractivity contribution is 6.11. The molecule has 0 saturated carbocycles. The molecule has 0 fully saturated rings. The van der Waals surface area contributed by atoms with E-state index in [-0.39, 0.29) is 0 Å². The molecule has 0 atom stereocenters. The van der Waals surface area contributed by atoms with Gasteiger partial charge in [0.25, 0.3) is 0 Å². The topological polar surface area (TPSA) is 51.8 Å². The van der Waals surface area contributed by atoms with E-state index in [0.29, 0.717) is 17.5 Å². The zero-order valence-electron chi connectivity index (χ0n) is 25.3. The zero-order chi connectivity index (χ0) is 31.2. The van der Waals surface area contributed by atoms with Crippen molar-refractivity contribution in [2.24, 2.45) is 0 Å². The molecule has 0 aliphatic heterocycles. The Morgan fingerprint density at radius 1 is 0.340 bits per heavy atom. The predicted octanol–water partition coefficient (Wildman–Crippen LogP) is 11.3. The molecule has 2 aromatic heterocycles. The van der Waals surface area contributed by atoms with Crippen LogP contribution in [0.1, 0.15) is 0 Å². The van der Waals surface area contributed by atoms with Gasteiger partial charge in [0.1, 0.15) is 11.2 Å². The number of rotatable bonds is 5. The Morgan fingerprint density at radius 2 is 0.915 bits per heavy atom. The van der Waals surface area contributed by atoms with Crippen LogP contribution in [0, 0.1) is 0 Å². The third kappa shape index (κ3) is 4.84. The number of nitrogens with zero attached hydrogens (tertiary/aromatic N) is 3. The van der Waals surface area contributed by atoms with Gasteiger partial charge in [-0.2, -0.15) is 0 Å². The highest BCUT2D eigenvalue weighted by atomic mass is 16.3. The lowest BCUT2D eigenvalue weighted by Crippen LogP contribution is -2.01. The van der Waals surface area contributed by atoms with Gasteiger partial charge in [0.2, 0.25) is 0 Å². The van der Waals surface area contributed by atoms with Gasteiger partial charge < -0.3 is 4.42 Å². The minimum Gasteiger partial charge on any atom is -0.456 e. The smallest absolute Gasteiger partial charge is 0.164 e. The van der Waals surface area contributed by atoms with Crippen LogP contribution >= 0.6 is 0 Å². The standard InChI is InChI=1S/C43H27N3O/c1-3-12-28(13-4-1)31-17-9-18-33(26-31)41-44-42(34-20-10-16-30-24-25-32(27-37(30)34)29-14-5-2-6-15-29)46-43(45-41)36-21-11-23-39-40(36)35-19-7-8-22-38(35)47-39/h1-27H. The van der Waals surface area contributed by atoms with Crippen molar-refractivity contribution in [3.8, 4) is 56.4 Å². The van der Waals surface area contributed by atoms with Crippen LogP contribution in [0.15, 0.2) is 168 Å². The number of benzene rings is 7. The number of aromatic nitrogens is 3. The van der Waals surface area contributed by atoms with Gasteiger partial charge in [0.05, 0.1) is 0 Å². The predicted molar refractivity (Wildman–Crippen MR) is 192 cm³/mol. The van der Waals surface area contributed by atoms with Crippen LogP contribution in [0.4, 0.5) is 0 Å². The molecular formula is C43H27N3O. The average Bonchev–Trinajstić information content (AvgIpc) is 3.54. The number of hydrogen-bond donors (Lipinski definition) is 0. The monoisotopic (exact) mass is 601 g/mol. The third-order valence-corrected chi connectivity index (χ3v) is 8.74. The van der Waals surface area contributed by atoms with E-state index >= 15 is 0 Å². The normalized spacial score (nSPS) is 11.4. The Bertz CT molecular complexity index is 2570. The highest BCUT2D eigenvalue weighted by Crippen LogP contribution is 2.38. The molecule has 9 rings (SSSR count). The lowest BCUT2D eigenvalue weighted by Gasteiger charge is -2.12. The van der Waals surface area contributed by atoms with Gasteiger partial charge in [0, 0.05) is 27.5 Å². The van der Waals surface area contributed by atoms with Crippen LogP contribution in [-0.4, -0.2) is 15.0 Å². The van der Waals surface area contributed by atoms with Gasteiger partial charge in [-0.25, -0.2) is 15.0 Å². The number of para-hydroxylation sites is 1. The Labute approximate surface area is 271 Å². The number of fused-ring (bicyclic) bond motifs is 4. The van der Waals surface area contributed by atoms with E-state index in [9.17, 15) is 0 Å². The molecule has 0 aliphatic rings. The maximum absolute atomic E-state index is 6.25. The van der Waals surface area contributed by atoms with E-state index in [1.165, 1.54) is 0 Å². The Hall–Kier alpha value is -6.39. The van der Waals surface area contributed by atoms with Gasteiger partial charge in [-0.05, 0) is 57.3 Å². The second kappa shape index (κ2) is 11.2. The van der Waals surface area contributed by atoms with Crippen molar-refractivity contribution < 1.29 is 4.42 Å². The van der Waals surface area contributed by atoms with Gasteiger partial charge in [-0.15, -0.1) is 0 Å². The van der Waals surface area contributed by atoms with E-state index in [2.05, 4.69) is 121 Å². The fraction of sp³-hybridized carbons (Fsp3) is 0. The van der Waals surface area contributed by atoms with Gasteiger partial charge >= 0.3 is 0 Å². The molecule has 9 aromatic rings. The molecule has 0 N–H and O–H groups in total. The molecule has 4 nitrogen and oxygen atoms in total. The van der Waals surface area contributed by atoms with Crippen LogP contribution < -0.4 is 0 Å². The van der Waals surface area contributed by atoms with Gasteiger partial charge in [-0.3, -0.25) is 0 Å². The van der Waals surface area contributed by atoms with Crippen LogP contribution in [0.25, 0.3) is 89.1 Å². The fourth-order valence-electron chi connectivity index (χ4n) is 6.45. The summed E-state index contributed by atoms with van der Waals surface area (Å²) in [5, 5.41) is 4.24. The van der Waals surface area contributed by atoms with E-state index in [1.807, 2.05) is 42.5 Å². The molecule has 0 bridgehead atoms. The number of furan rings is 1. The maximum atomic E-state index is 6.25. The summed E-state index contributed by atoms with van der Waals surface area (Å²) in [5.41, 5.74) is 8.97. The van der Waals surface area contributed by atoms with Crippen LogP contribution in [-0.2, 0) is 0 Å². The maximum Gasteiger partial charge on any atom is 0.164 e. The minimum absolute atomic E-state index is 0.600. The van der Waals surface area contributed by atoms with Crippen LogP contribution in [0.5, 0.6) is 0 Å². The van der Waals surface area contributed by atoms with Crippen molar-refractivity contribution in [2.75, 3.05) is 0 Å². The Balaban J connectivity index is 1.30. The Morgan fingerprint density at radius 3 is 1.72 bits per heavy atom. The average molecular weight is 602 g/mol. The summed E-state index contributed by atoms with van der Waals surface area (Å²) < 4.78 is 6.25. The van der Waals surface area contributed by atoms with Crippen LogP contribution in [0.2, 0.25) is 0 Å². The molecule has 4 heteroatoms. The summed E-state index contributed by atoms with van der Waals surface area (Å²) in [6.45, 7) is 0. The molecule has 0 saturated heterocycles. The lowest BCUT2D eigenvalue weighted by molar-refractivity contribution is 0.669. The molecule has 47 heavy (non-hydrogen) atoms.